The second-order valence-electron chi connectivity index (χ2n) is 10.7. The number of carbonyl (C=O) groups is 2. The monoisotopic (exact) mass is 560 g/mol. The van der Waals surface area contributed by atoms with E-state index < -0.39 is 17.6 Å². The number of anilines is 4. The van der Waals surface area contributed by atoms with Crippen molar-refractivity contribution >= 4 is 35.0 Å². The molecule has 2 amide bonds. The molecule has 13 heteroatoms. The molecule has 216 valence electrons. The van der Waals surface area contributed by atoms with Crippen LogP contribution in [-0.2, 0) is 16.1 Å². The standard InChI is InChI=1S/C28H36N10O3/c1-5-36-10-12-37(13-11-36)21-6-7-22(23(14-21)34-27(40)41-28(2,3)4)33-26-31-16-19(15-29)25(35-26)20-17-32-38(18-20)9-8-24(30)39/h6-7,14,16-18H,5,8-13H2,1-4H3,(H2,30,39)(H,34,40)(H,31,33,35). The van der Waals surface area contributed by atoms with Gasteiger partial charge in [0.05, 0.1) is 35.0 Å². The minimum absolute atomic E-state index is 0.139. The van der Waals surface area contributed by atoms with Crippen molar-refractivity contribution in [1.29, 1.82) is 5.26 Å². The third kappa shape index (κ3) is 7.92. The fourth-order valence-electron chi connectivity index (χ4n) is 4.37. The first-order chi connectivity index (χ1) is 19.5. The lowest BCUT2D eigenvalue weighted by atomic mass is 10.1. The lowest BCUT2D eigenvalue weighted by Gasteiger charge is -2.35. The third-order valence-corrected chi connectivity index (χ3v) is 6.47. The number of rotatable bonds is 9. The van der Waals surface area contributed by atoms with Gasteiger partial charge >= 0.3 is 6.09 Å². The Bertz CT molecular complexity index is 1430. The Morgan fingerprint density at radius 1 is 1.15 bits per heavy atom. The van der Waals surface area contributed by atoms with Crippen LogP contribution in [0.2, 0.25) is 0 Å². The number of nitriles is 1. The maximum absolute atomic E-state index is 12.7. The predicted molar refractivity (Wildman–Crippen MR) is 156 cm³/mol. The largest absolute Gasteiger partial charge is 0.444 e. The first-order valence-corrected chi connectivity index (χ1v) is 13.5. The lowest BCUT2D eigenvalue weighted by Crippen LogP contribution is -2.46. The number of nitrogens with one attached hydrogen (secondary N) is 2. The zero-order valence-corrected chi connectivity index (χ0v) is 23.8. The molecule has 1 aromatic carbocycles. The molecule has 13 nitrogen and oxygen atoms in total. The third-order valence-electron chi connectivity index (χ3n) is 6.47. The van der Waals surface area contributed by atoms with Crippen LogP contribution < -0.4 is 21.3 Å². The van der Waals surface area contributed by atoms with Crippen LogP contribution in [0.5, 0.6) is 0 Å². The number of amides is 2. The van der Waals surface area contributed by atoms with E-state index in [0.717, 1.165) is 38.4 Å². The highest BCUT2D eigenvalue weighted by Gasteiger charge is 2.21. The van der Waals surface area contributed by atoms with Gasteiger partial charge in [0.2, 0.25) is 11.9 Å². The van der Waals surface area contributed by atoms with E-state index in [-0.39, 0.29) is 17.9 Å². The van der Waals surface area contributed by atoms with Crippen molar-refractivity contribution in [3.63, 3.8) is 0 Å². The molecule has 1 saturated heterocycles. The molecule has 2 aromatic heterocycles. The summed E-state index contributed by atoms with van der Waals surface area (Å²) in [4.78, 5) is 37.4. The van der Waals surface area contributed by atoms with E-state index in [4.69, 9.17) is 10.5 Å². The summed E-state index contributed by atoms with van der Waals surface area (Å²) in [6.45, 7) is 12.6. The van der Waals surface area contributed by atoms with Crippen LogP contribution in [0.4, 0.5) is 27.8 Å². The molecule has 3 heterocycles. The van der Waals surface area contributed by atoms with E-state index in [0.29, 0.717) is 29.2 Å². The second-order valence-corrected chi connectivity index (χ2v) is 10.7. The van der Waals surface area contributed by atoms with Crippen LogP contribution in [0.1, 0.15) is 39.7 Å². The number of piperazine rings is 1. The number of likely N-dealkylation sites (N-methyl/N-ethyl adjacent to an activating group) is 1. The van der Waals surface area contributed by atoms with Gasteiger partial charge < -0.3 is 25.6 Å². The quantitative estimate of drug-likeness (QED) is 0.353. The van der Waals surface area contributed by atoms with E-state index in [1.807, 2.05) is 18.2 Å². The topological polar surface area (TPSA) is 167 Å². The van der Waals surface area contributed by atoms with Crippen molar-refractivity contribution in [2.45, 2.75) is 46.3 Å². The number of benzene rings is 1. The number of primary amides is 1. The average Bonchev–Trinajstić information content (AvgIpc) is 3.41. The number of ether oxygens (including phenoxy) is 1. The molecule has 0 spiro atoms. The minimum atomic E-state index is -0.668. The molecular weight excluding hydrogens is 524 g/mol. The summed E-state index contributed by atoms with van der Waals surface area (Å²) in [6, 6.07) is 7.85. The van der Waals surface area contributed by atoms with Crippen molar-refractivity contribution < 1.29 is 14.3 Å². The fourth-order valence-corrected chi connectivity index (χ4v) is 4.37. The molecule has 1 aliphatic heterocycles. The lowest BCUT2D eigenvalue weighted by molar-refractivity contribution is -0.118. The Morgan fingerprint density at radius 3 is 2.56 bits per heavy atom. The highest BCUT2D eigenvalue weighted by atomic mass is 16.6. The summed E-state index contributed by atoms with van der Waals surface area (Å²) in [5.74, 6) is -0.209. The fraction of sp³-hybridized carbons (Fsp3) is 0.429. The first kappa shape index (κ1) is 29.3. The number of hydrogen-bond donors (Lipinski definition) is 3. The number of carbonyl (C=O) groups excluding carboxylic acids is 2. The number of aromatic nitrogens is 4. The molecule has 3 aromatic rings. The van der Waals surface area contributed by atoms with Gasteiger partial charge in [0.1, 0.15) is 11.7 Å². The highest BCUT2D eigenvalue weighted by molar-refractivity contribution is 5.92. The van der Waals surface area contributed by atoms with Crippen LogP contribution >= 0.6 is 0 Å². The van der Waals surface area contributed by atoms with Gasteiger partial charge in [-0.2, -0.15) is 10.4 Å². The van der Waals surface area contributed by atoms with Crippen molar-refractivity contribution in [2.75, 3.05) is 48.3 Å². The van der Waals surface area contributed by atoms with E-state index in [9.17, 15) is 14.9 Å². The Morgan fingerprint density at radius 2 is 1.90 bits per heavy atom. The molecule has 1 fully saturated rings. The van der Waals surface area contributed by atoms with Gasteiger partial charge in [0.15, 0.2) is 0 Å². The van der Waals surface area contributed by atoms with Crippen molar-refractivity contribution in [2.24, 2.45) is 5.73 Å². The molecular formula is C28H36N10O3. The molecule has 0 radical (unpaired) electrons. The van der Waals surface area contributed by atoms with Crippen LogP contribution in [0.3, 0.4) is 0 Å². The smallest absolute Gasteiger partial charge is 0.412 e. The van der Waals surface area contributed by atoms with Gasteiger partial charge in [-0.25, -0.2) is 14.8 Å². The van der Waals surface area contributed by atoms with E-state index in [2.05, 4.69) is 48.5 Å². The maximum atomic E-state index is 12.7. The van der Waals surface area contributed by atoms with Gasteiger partial charge in [0, 0.05) is 56.6 Å². The van der Waals surface area contributed by atoms with E-state index in [1.165, 1.54) is 6.20 Å². The van der Waals surface area contributed by atoms with Crippen molar-refractivity contribution in [3.8, 4) is 17.3 Å². The van der Waals surface area contributed by atoms with Gasteiger partial charge in [-0.15, -0.1) is 0 Å². The molecule has 1 aliphatic rings. The average molecular weight is 561 g/mol. The maximum Gasteiger partial charge on any atom is 0.412 e. The van der Waals surface area contributed by atoms with Crippen molar-refractivity contribution in [3.05, 3.63) is 42.4 Å². The number of hydrogen-bond acceptors (Lipinski definition) is 10. The summed E-state index contributed by atoms with van der Waals surface area (Å²) in [6.07, 6.45) is 4.24. The Hall–Kier alpha value is -4.70. The zero-order valence-electron chi connectivity index (χ0n) is 23.8. The highest BCUT2D eigenvalue weighted by Crippen LogP contribution is 2.31. The Kier molecular flexibility index (Phi) is 9.04. The van der Waals surface area contributed by atoms with E-state index in [1.54, 1.807) is 37.8 Å². The van der Waals surface area contributed by atoms with Crippen LogP contribution in [0, 0.1) is 11.3 Å². The predicted octanol–water partition coefficient (Wildman–Crippen LogP) is 3.32. The van der Waals surface area contributed by atoms with Crippen molar-refractivity contribution in [1.82, 2.24) is 24.6 Å². The second kappa shape index (κ2) is 12.6. The molecule has 0 bridgehead atoms. The number of nitrogens with two attached hydrogens (primary N) is 1. The van der Waals surface area contributed by atoms with Gasteiger partial charge in [0.25, 0.3) is 0 Å². The molecule has 4 rings (SSSR count). The zero-order chi connectivity index (χ0) is 29.6. The summed E-state index contributed by atoms with van der Waals surface area (Å²) >= 11 is 0. The van der Waals surface area contributed by atoms with Crippen LogP contribution in [-0.4, -0.2) is 75.0 Å². The summed E-state index contributed by atoms with van der Waals surface area (Å²) in [7, 11) is 0. The Labute approximate surface area is 239 Å². The summed E-state index contributed by atoms with van der Waals surface area (Å²) in [5.41, 5.74) is 7.83. The normalized spacial score (nSPS) is 13.9. The molecule has 41 heavy (non-hydrogen) atoms. The molecule has 4 N–H and O–H groups in total. The van der Waals surface area contributed by atoms with Gasteiger partial charge in [-0.1, -0.05) is 6.92 Å². The molecule has 0 saturated carbocycles. The van der Waals surface area contributed by atoms with Gasteiger partial charge in [-0.3, -0.25) is 14.8 Å². The molecule has 0 atom stereocenters. The van der Waals surface area contributed by atoms with Gasteiger partial charge in [-0.05, 0) is 45.5 Å². The van der Waals surface area contributed by atoms with Crippen LogP contribution in [0.15, 0.2) is 36.8 Å². The van der Waals surface area contributed by atoms with Crippen LogP contribution in [0.25, 0.3) is 11.3 Å². The summed E-state index contributed by atoms with van der Waals surface area (Å²) < 4.78 is 7.07. The first-order valence-electron chi connectivity index (χ1n) is 13.5. The number of aryl methyl sites for hydroxylation is 1. The Balaban J connectivity index is 1.62. The molecule has 0 unspecified atom stereocenters. The van der Waals surface area contributed by atoms with E-state index >= 15 is 0 Å². The minimum Gasteiger partial charge on any atom is -0.444 e. The molecule has 0 aliphatic carbocycles. The SMILES string of the molecule is CCN1CCN(c2ccc(Nc3ncc(C#N)c(-c4cnn(CCC(N)=O)c4)n3)c(NC(=O)OC(C)(C)C)c2)CC1. The number of nitrogens with zero attached hydrogens (tertiary/aromatic N) is 7. The summed E-state index contributed by atoms with van der Waals surface area (Å²) in [5, 5.41) is 19.9.